The summed E-state index contributed by atoms with van der Waals surface area (Å²) in [5.74, 6) is 0.388. The van der Waals surface area contributed by atoms with Crippen LogP contribution in [0.2, 0.25) is 0 Å². The van der Waals surface area contributed by atoms with Gasteiger partial charge in [0, 0.05) is 11.1 Å². The molecule has 80 valence electrons. The van der Waals surface area contributed by atoms with Crippen molar-refractivity contribution in [3.63, 3.8) is 0 Å². The van der Waals surface area contributed by atoms with E-state index in [0.29, 0.717) is 16.5 Å². The van der Waals surface area contributed by atoms with Crippen LogP contribution < -0.4 is 5.73 Å². The van der Waals surface area contributed by atoms with Gasteiger partial charge in [-0.05, 0) is 24.4 Å². The first-order chi connectivity index (χ1) is 7.54. The van der Waals surface area contributed by atoms with Crippen LogP contribution in [0, 0.1) is 30.9 Å². The predicted octanol–water partition coefficient (Wildman–Crippen LogP) is 2.38. The number of halogens is 2. The number of anilines is 1. The summed E-state index contributed by atoms with van der Waals surface area (Å²) in [5.41, 5.74) is 5.90. The van der Waals surface area contributed by atoms with Crippen molar-refractivity contribution in [2.24, 2.45) is 0 Å². The van der Waals surface area contributed by atoms with Gasteiger partial charge in [-0.15, -0.1) is 6.42 Å². The number of aromatic nitrogens is 1. The maximum absolute atomic E-state index is 13.4. The van der Waals surface area contributed by atoms with Crippen molar-refractivity contribution in [1.29, 1.82) is 0 Å². The highest BCUT2D eigenvalue weighted by Crippen LogP contribution is 2.26. The molecule has 0 aliphatic carbocycles. The molecule has 1 heterocycles. The Bertz CT molecular complexity index is 627. The fraction of sp³-hybridized carbons (Fsp3) is 0.0833. The van der Waals surface area contributed by atoms with E-state index in [1.165, 1.54) is 6.07 Å². The lowest BCUT2D eigenvalue weighted by Crippen LogP contribution is -1.98. The van der Waals surface area contributed by atoms with E-state index in [1.54, 1.807) is 6.92 Å². The zero-order valence-corrected chi connectivity index (χ0v) is 8.51. The zero-order valence-electron chi connectivity index (χ0n) is 8.51. The Morgan fingerprint density at radius 3 is 2.69 bits per heavy atom. The van der Waals surface area contributed by atoms with Gasteiger partial charge in [-0.2, -0.15) is 0 Å². The van der Waals surface area contributed by atoms with Gasteiger partial charge in [-0.25, -0.2) is 13.8 Å². The van der Waals surface area contributed by atoms with Gasteiger partial charge in [-0.3, -0.25) is 0 Å². The standard InChI is InChI=1S/C12H8F2N2/c1-3-8-11-6(2)16-10(15)5-7(11)4-9(13)12(8)14/h1,4-5H,2H3,(H2,15,16). The van der Waals surface area contributed by atoms with Crippen molar-refractivity contribution in [2.75, 3.05) is 5.73 Å². The Kier molecular flexibility index (Phi) is 2.24. The monoisotopic (exact) mass is 218 g/mol. The number of hydrogen-bond donors (Lipinski definition) is 1. The van der Waals surface area contributed by atoms with Gasteiger partial charge in [0.1, 0.15) is 5.82 Å². The lowest BCUT2D eigenvalue weighted by molar-refractivity contribution is 0.509. The molecule has 0 unspecified atom stereocenters. The summed E-state index contributed by atoms with van der Waals surface area (Å²) in [6.07, 6.45) is 5.18. The van der Waals surface area contributed by atoms with Crippen LogP contribution in [-0.2, 0) is 0 Å². The number of rotatable bonds is 0. The molecule has 0 spiro atoms. The molecular formula is C12H8F2N2. The van der Waals surface area contributed by atoms with E-state index >= 15 is 0 Å². The fourth-order valence-corrected chi connectivity index (χ4v) is 1.73. The molecule has 0 fully saturated rings. The molecule has 0 radical (unpaired) electrons. The quantitative estimate of drug-likeness (QED) is 0.689. The Morgan fingerprint density at radius 1 is 1.38 bits per heavy atom. The van der Waals surface area contributed by atoms with E-state index in [2.05, 4.69) is 10.9 Å². The Hall–Kier alpha value is -2.15. The van der Waals surface area contributed by atoms with Crippen molar-refractivity contribution in [2.45, 2.75) is 6.92 Å². The first-order valence-corrected chi connectivity index (χ1v) is 4.56. The topological polar surface area (TPSA) is 38.9 Å². The third-order valence-corrected chi connectivity index (χ3v) is 2.36. The lowest BCUT2D eigenvalue weighted by atomic mass is 10.0. The van der Waals surface area contributed by atoms with Crippen LogP contribution in [0.5, 0.6) is 0 Å². The van der Waals surface area contributed by atoms with Crippen molar-refractivity contribution >= 4 is 16.6 Å². The summed E-state index contributed by atoms with van der Waals surface area (Å²) in [6.45, 7) is 1.65. The average Bonchev–Trinajstić information content (AvgIpc) is 2.20. The maximum atomic E-state index is 13.4. The van der Waals surface area contributed by atoms with Gasteiger partial charge in [0.25, 0.3) is 0 Å². The molecule has 2 rings (SSSR count). The summed E-state index contributed by atoms with van der Waals surface area (Å²) in [4.78, 5) is 3.97. The summed E-state index contributed by atoms with van der Waals surface area (Å²) in [7, 11) is 0. The van der Waals surface area contributed by atoms with Gasteiger partial charge < -0.3 is 5.73 Å². The summed E-state index contributed by atoms with van der Waals surface area (Å²) >= 11 is 0. The number of hydrogen-bond acceptors (Lipinski definition) is 2. The summed E-state index contributed by atoms with van der Waals surface area (Å²) < 4.78 is 26.7. The van der Waals surface area contributed by atoms with Gasteiger partial charge >= 0.3 is 0 Å². The first kappa shape index (κ1) is 10.4. The molecule has 0 bridgehead atoms. The second kappa shape index (κ2) is 3.46. The number of terminal acetylenes is 1. The summed E-state index contributed by atoms with van der Waals surface area (Å²) in [5, 5.41) is 0.882. The van der Waals surface area contributed by atoms with E-state index < -0.39 is 11.6 Å². The number of benzene rings is 1. The minimum atomic E-state index is -1.02. The molecule has 2 N–H and O–H groups in total. The minimum Gasteiger partial charge on any atom is -0.384 e. The van der Waals surface area contributed by atoms with Gasteiger partial charge in [-0.1, -0.05) is 5.92 Å². The number of nitrogen functional groups attached to an aromatic ring is 1. The maximum Gasteiger partial charge on any atom is 0.175 e. The third-order valence-electron chi connectivity index (χ3n) is 2.36. The Balaban J connectivity index is 3.04. The molecule has 0 saturated heterocycles. The van der Waals surface area contributed by atoms with Gasteiger partial charge in [0.2, 0.25) is 0 Å². The number of fused-ring (bicyclic) bond motifs is 1. The third kappa shape index (κ3) is 1.38. The molecule has 0 atom stereocenters. The molecule has 2 aromatic rings. The Labute approximate surface area is 91.1 Å². The van der Waals surface area contributed by atoms with E-state index in [9.17, 15) is 8.78 Å². The molecule has 4 heteroatoms. The highest BCUT2D eigenvalue weighted by molar-refractivity contribution is 5.91. The SMILES string of the molecule is C#Cc1c(F)c(F)cc2cc(N)nc(C)c12. The second-order valence-corrected chi connectivity index (χ2v) is 3.42. The van der Waals surface area contributed by atoms with Crippen LogP contribution in [-0.4, -0.2) is 4.98 Å². The number of aryl methyl sites for hydroxylation is 1. The highest BCUT2D eigenvalue weighted by atomic mass is 19.2. The largest absolute Gasteiger partial charge is 0.384 e. The molecule has 1 aromatic heterocycles. The fourth-order valence-electron chi connectivity index (χ4n) is 1.73. The number of pyridine rings is 1. The zero-order chi connectivity index (χ0) is 11.9. The minimum absolute atomic E-state index is 0.111. The number of nitrogens with two attached hydrogens (primary N) is 1. The first-order valence-electron chi connectivity index (χ1n) is 4.56. The van der Waals surface area contributed by atoms with Crippen LogP contribution in [0.15, 0.2) is 12.1 Å². The molecular weight excluding hydrogens is 210 g/mol. The predicted molar refractivity (Wildman–Crippen MR) is 58.7 cm³/mol. The van der Waals surface area contributed by atoms with Crippen molar-refractivity contribution in [1.82, 2.24) is 4.98 Å². The van der Waals surface area contributed by atoms with Crippen LogP contribution >= 0.6 is 0 Å². The van der Waals surface area contributed by atoms with Crippen LogP contribution in [0.1, 0.15) is 11.3 Å². The Morgan fingerprint density at radius 2 is 2.06 bits per heavy atom. The highest BCUT2D eigenvalue weighted by Gasteiger charge is 2.14. The molecule has 1 aromatic carbocycles. The van der Waals surface area contributed by atoms with E-state index in [4.69, 9.17) is 12.2 Å². The number of nitrogens with zero attached hydrogens (tertiary/aromatic N) is 1. The average molecular weight is 218 g/mol. The van der Waals surface area contributed by atoms with Crippen LogP contribution in [0.3, 0.4) is 0 Å². The summed E-state index contributed by atoms with van der Waals surface area (Å²) in [6, 6.07) is 2.53. The molecule has 0 aliphatic heterocycles. The molecule has 0 amide bonds. The molecule has 16 heavy (non-hydrogen) atoms. The molecule has 0 aliphatic rings. The van der Waals surface area contributed by atoms with Crippen LogP contribution in [0.25, 0.3) is 10.8 Å². The van der Waals surface area contributed by atoms with Crippen molar-refractivity contribution in [3.05, 3.63) is 35.0 Å². The van der Waals surface area contributed by atoms with Crippen molar-refractivity contribution in [3.8, 4) is 12.3 Å². The van der Waals surface area contributed by atoms with Gasteiger partial charge in [0.05, 0.1) is 5.56 Å². The van der Waals surface area contributed by atoms with E-state index in [-0.39, 0.29) is 11.4 Å². The van der Waals surface area contributed by atoms with E-state index in [1.807, 2.05) is 0 Å². The smallest absolute Gasteiger partial charge is 0.175 e. The molecule has 2 nitrogen and oxygen atoms in total. The van der Waals surface area contributed by atoms with Gasteiger partial charge in [0.15, 0.2) is 11.6 Å². The van der Waals surface area contributed by atoms with E-state index in [0.717, 1.165) is 6.07 Å². The lowest BCUT2D eigenvalue weighted by Gasteiger charge is -2.07. The second-order valence-electron chi connectivity index (χ2n) is 3.42. The molecule has 0 saturated carbocycles. The normalized spacial score (nSPS) is 10.4. The van der Waals surface area contributed by atoms with Crippen LogP contribution in [0.4, 0.5) is 14.6 Å². The van der Waals surface area contributed by atoms with Crippen molar-refractivity contribution < 1.29 is 8.78 Å².